The van der Waals surface area contributed by atoms with Crippen molar-refractivity contribution in [1.82, 2.24) is 15.1 Å². The minimum Gasteiger partial charge on any atom is -0.475 e. The standard InChI is InChI=1S/C7H11N3O3S/c1-8-5-3-10-7(13-4-5)6(2-9-10)14(11)12/h2,5,8H,3-4H2,1H3,(H,11,12)/t5-/m0/s1. The second-order valence-corrected chi connectivity index (χ2v) is 3.98. The highest BCUT2D eigenvalue weighted by atomic mass is 32.2. The van der Waals surface area contributed by atoms with E-state index >= 15 is 0 Å². The molecular weight excluding hydrogens is 206 g/mol. The van der Waals surface area contributed by atoms with Gasteiger partial charge in [0.25, 0.3) is 0 Å². The molecule has 0 spiro atoms. The van der Waals surface area contributed by atoms with Crippen LogP contribution < -0.4 is 10.1 Å². The maximum absolute atomic E-state index is 10.8. The number of fused-ring (bicyclic) bond motifs is 1. The van der Waals surface area contributed by atoms with Crippen molar-refractivity contribution in [3.63, 3.8) is 0 Å². The van der Waals surface area contributed by atoms with Gasteiger partial charge in [0.05, 0.1) is 18.8 Å². The first kappa shape index (κ1) is 9.63. The fraction of sp³-hybridized carbons (Fsp3) is 0.571. The van der Waals surface area contributed by atoms with Crippen LogP contribution in [0.25, 0.3) is 0 Å². The van der Waals surface area contributed by atoms with Crippen LogP contribution in [0.3, 0.4) is 0 Å². The van der Waals surface area contributed by atoms with Crippen molar-refractivity contribution >= 4 is 11.1 Å². The third kappa shape index (κ3) is 1.54. The molecule has 1 aromatic rings. The lowest BCUT2D eigenvalue weighted by atomic mass is 10.3. The average molecular weight is 217 g/mol. The molecule has 2 atom stereocenters. The van der Waals surface area contributed by atoms with E-state index in [1.807, 2.05) is 7.05 Å². The van der Waals surface area contributed by atoms with Crippen LogP contribution in [-0.4, -0.2) is 38.2 Å². The Balaban J connectivity index is 2.29. The number of ether oxygens (including phenoxy) is 1. The smallest absolute Gasteiger partial charge is 0.231 e. The Morgan fingerprint density at radius 2 is 2.64 bits per heavy atom. The zero-order chi connectivity index (χ0) is 10.1. The first-order chi connectivity index (χ1) is 6.72. The van der Waals surface area contributed by atoms with E-state index in [9.17, 15) is 4.21 Å². The SMILES string of the molecule is CN[C@@H]1COc2c(S(=O)O)cnn2C1. The molecule has 1 aliphatic heterocycles. The van der Waals surface area contributed by atoms with Crippen LogP contribution >= 0.6 is 0 Å². The van der Waals surface area contributed by atoms with E-state index in [1.165, 1.54) is 6.20 Å². The summed E-state index contributed by atoms with van der Waals surface area (Å²) in [4.78, 5) is 0.236. The van der Waals surface area contributed by atoms with Gasteiger partial charge in [-0.2, -0.15) is 5.10 Å². The van der Waals surface area contributed by atoms with Crippen molar-refractivity contribution in [2.75, 3.05) is 13.7 Å². The lowest BCUT2D eigenvalue weighted by molar-refractivity contribution is 0.184. The number of nitrogens with one attached hydrogen (secondary N) is 1. The van der Waals surface area contributed by atoms with Crippen molar-refractivity contribution in [2.45, 2.75) is 17.5 Å². The Labute approximate surface area is 83.5 Å². The number of rotatable bonds is 2. The maximum atomic E-state index is 10.8. The van der Waals surface area contributed by atoms with E-state index in [-0.39, 0.29) is 10.9 Å². The van der Waals surface area contributed by atoms with Gasteiger partial charge in [-0.3, -0.25) is 0 Å². The van der Waals surface area contributed by atoms with Gasteiger partial charge in [0.1, 0.15) is 11.5 Å². The molecule has 6 nitrogen and oxygen atoms in total. The average Bonchev–Trinajstić information content (AvgIpc) is 2.59. The van der Waals surface area contributed by atoms with E-state index in [1.54, 1.807) is 4.68 Å². The highest BCUT2D eigenvalue weighted by molar-refractivity contribution is 7.79. The van der Waals surface area contributed by atoms with Gasteiger partial charge in [-0.15, -0.1) is 0 Å². The molecule has 0 amide bonds. The lowest BCUT2D eigenvalue weighted by Gasteiger charge is -2.23. The van der Waals surface area contributed by atoms with Gasteiger partial charge >= 0.3 is 0 Å². The van der Waals surface area contributed by atoms with Crippen molar-refractivity contribution in [1.29, 1.82) is 0 Å². The Hall–Kier alpha value is -0.920. The Morgan fingerprint density at radius 1 is 1.86 bits per heavy atom. The molecule has 1 aliphatic rings. The molecule has 0 bridgehead atoms. The molecule has 2 rings (SSSR count). The fourth-order valence-electron chi connectivity index (χ4n) is 1.37. The molecule has 0 fully saturated rings. The van der Waals surface area contributed by atoms with Crippen LogP contribution in [0.5, 0.6) is 5.88 Å². The molecular formula is C7H11N3O3S. The maximum Gasteiger partial charge on any atom is 0.231 e. The minimum absolute atomic E-state index is 0.197. The monoisotopic (exact) mass is 217 g/mol. The van der Waals surface area contributed by atoms with Gasteiger partial charge in [0.2, 0.25) is 5.88 Å². The van der Waals surface area contributed by atoms with E-state index in [0.717, 1.165) is 0 Å². The van der Waals surface area contributed by atoms with Crippen molar-refractivity contribution in [3.8, 4) is 5.88 Å². The van der Waals surface area contributed by atoms with E-state index in [2.05, 4.69) is 10.4 Å². The lowest BCUT2D eigenvalue weighted by Crippen LogP contribution is -2.39. The summed E-state index contributed by atoms with van der Waals surface area (Å²) in [5, 5.41) is 7.03. The largest absolute Gasteiger partial charge is 0.475 e. The summed E-state index contributed by atoms with van der Waals surface area (Å²) in [6.45, 7) is 1.15. The third-order valence-electron chi connectivity index (χ3n) is 2.17. The minimum atomic E-state index is -2.03. The molecule has 0 radical (unpaired) electrons. The predicted octanol–water partition coefficient (Wildman–Crippen LogP) is -0.556. The third-order valence-corrected chi connectivity index (χ3v) is 2.83. The molecule has 0 aliphatic carbocycles. The molecule has 1 unspecified atom stereocenters. The number of likely N-dealkylation sites (N-methyl/N-ethyl adjacent to an activating group) is 1. The molecule has 2 heterocycles. The van der Waals surface area contributed by atoms with E-state index in [0.29, 0.717) is 19.0 Å². The molecule has 14 heavy (non-hydrogen) atoms. The number of aromatic nitrogens is 2. The molecule has 2 N–H and O–H groups in total. The molecule has 7 heteroatoms. The zero-order valence-corrected chi connectivity index (χ0v) is 8.45. The van der Waals surface area contributed by atoms with Crippen LogP contribution in [0, 0.1) is 0 Å². The zero-order valence-electron chi connectivity index (χ0n) is 7.64. The summed E-state index contributed by atoms with van der Waals surface area (Å²) in [5.41, 5.74) is 0. The van der Waals surface area contributed by atoms with Crippen LogP contribution in [-0.2, 0) is 17.6 Å². The Bertz CT molecular complexity index is 365. The Morgan fingerprint density at radius 3 is 3.29 bits per heavy atom. The van der Waals surface area contributed by atoms with Gasteiger partial charge in [0, 0.05) is 0 Å². The van der Waals surface area contributed by atoms with Gasteiger partial charge < -0.3 is 14.6 Å². The van der Waals surface area contributed by atoms with Crippen LogP contribution in [0.4, 0.5) is 0 Å². The predicted molar refractivity (Wildman–Crippen MR) is 49.6 cm³/mol. The van der Waals surface area contributed by atoms with Crippen molar-refractivity contribution < 1.29 is 13.5 Å². The van der Waals surface area contributed by atoms with Gasteiger partial charge in [-0.05, 0) is 7.05 Å². The molecule has 0 saturated carbocycles. The normalized spacial score (nSPS) is 22.6. The van der Waals surface area contributed by atoms with Gasteiger partial charge in [-0.25, -0.2) is 8.89 Å². The van der Waals surface area contributed by atoms with Crippen molar-refractivity contribution in [3.05, 3.63) is 6.20 Å². The topological polar surface area (TPSA) is 76.4 Å². The number of hydrogen-bond donors (Lipinski definition) is 2. The van der Waals surface area contributed by atoms with Crippen molar-refractivity contribution in [2.24, 2.45) is 0 Å². The van der Waals surface area contributed by atoms with E-state index < -0.39 is 11.1 Å². The number of nitrogens with zero attached hydrogens (tertiary/aromatic N) is 2. The summed E-state index contributed by atoms with van der Waals surface area (Å²) in [6.07, 6.45) is 1.36. The van der Waals surface area contributed by atoms with Gasteiger partial charge in [-0.1, -0.05) is 0 Å². The highest BCUT2D eigenvalue weighted by Crippen LogP contribution is 2.24. The first-order valence-electron chi connectivity index (χ1n) is 4.19. The summed E-state index contributed by atoms with van der Waals surface area (Å²) < 4.78 is 26.7. The Kier molecular flexibility index (Phi) is 2.53. The molecule has 1 aromatic heterocycles. The summed E-state index contributed by atoms with van der Waals surface area (Å²) in [6, 6.07) is 0.197. The van der Waals surface area contributed by atoms with Crippen LogP contribution in [0.1, 0.15) is 0 Å². The van der Waals surface area contributed by atoms with E-state index in [4.69, 9.17) is 9.29 Å². The van der Waals surface area contributed by atoms with Gasteiger partial charge in [0.15, 0.2) is 11.1 Å². The quantitative estimate of drug-likeness (QED) is 0.650. The van der Waals surface area contributed by atoms with Crippen LogP contribution in [0.2, 0.25) is 0 Å². The van der Waals surface area contributed by atoms with Crippen LogP contribution in [0.15, 0.2) is 11.1 Å². The molecule has 0 saturated heterocycles. The number of hydrogen-bond acceptors (Lipinski definition) is 4. The first-order valence-corrected chi connectivity index (χ1v) is 5.29. The summed E-state index contributed by atoms with van der Waals surface area (Å²) in [7, 11) is 1.84. The second-order valence-electron chi connectivity index (χ2n) is 3.04. The summed E-state index contributed by atoms with van der Waals surface area (Å²) in [5.74, 6) is 0.400. The second kappa shape index (κ2) is 3.68. The summed E-state index contributed by atoms with van der Waals surface area (Å²) >= 11 is -2.03. The molecule has 0 aromatic carbocycles. The fourth-order valence-corrected chi connectivity index (χ4v) is 1.82. The molecule has 78 valence electrons. The highest BCUT2D eigenvalue weighted by Gasteiger charge is 2.24.